The van der Waals surface area contributed by atoms with Crippen molar-refractivity contribution in [3.05, 3.63) is 48.0 Å². The fourth-order valence-electron chi connectivity index (χ4n) is 1.76. The number of hydrogen-bond donors (Lipinski definition) is 1. The van der Waals surface area contributed by atoms with Crippen LogP contribution in [-0.4, -0.2) is 20.0 Å². The second-order valence-corrected chi connectivity index (χ2v) is 6.02. The summed E-state index contributed by atoms with van der Waals surface area (Å²) in [7, 11) is -3.75. The van der Waals surface area contributed by atoms with Crippen LogP contribution >= 0.6 is 0 Å². The molecule has 0 radical (unpaired) electrons. The number of pyridine rings is 1. The summed E-state index contributed by atoms with van der Waals surface area (Å²) in [6.45, 7) is 4.13. The number of nitrogens with one attached hydrogen (secondary N) is 1. The molecule has 1 heterocycles. The quantitative estimate of drug-likeness (QED) is 0.862. The fourth-order valence-corrected chi connectivity index (χ4v) is 2.88. The van der Waals surface area contributed by atoms with E-state index in [0.717, 1.165) is 17.8 Å². The summed E-state index contributed by atoms with van der Waals surface area (Å²) in [5.74, 6) is -0.0326. The van der Waals surface area contributed by atoms with Crippen LogP contribution in [0.15, 0.2) is 41.4 Å². The molecule has 0 saturated carbocycles. The molecule has 0 aliphatic heterocycles. The van der Waals surface area contributed by atoms with E-state index >= 15 is 0 Å². The zero-order chi connectivity index (χ0) is 15.5. The molecule has 1 N–H and O–H groups in total. The molecule has 0 fully saturated rings. The van der Waals surface area contributed by atoms with Gasteiger partial charge in [0, 0.05) is 0 Å². The van der Waals surface area contributed by atoms with Gasteiger partial charge in [-0.2, -0.15) is 4.39 Å². The topological polar surface area (TPSA) is 68.3 Å². The maximum Gasteiger partial charge on any atom is 0.261 e. The molecule has 0 atom stereocenters. The van der Waals surface area contributed by atoms with Gasteiger partial charge in [-0.3, -0.25) is 4.72 Å². The van der Waals surface area contributed by atoms with Crippen molar-refractivity contribution >= 4 is 15.7 Å². The Morgan fingerprint density at radius 1 is 1.29 bits per heavy atom. The lowest BCUT2D eigenvalue weighted by Gasteiger charge is -2.11. The van der Waals surface area contributed by atoms with Crippen molar-refractivity contribution in [2.75, 3.05) is 11.3 Å². The van der Waals surface area contributed by atoms with Gasteiger partial charge in [0.05, 0.1) is 23.4 Å². The summed E-state index contributed by atoms with van der Waals surface area (Å²) >= 11 is 0. The molecule has 1 aromatic carbocycles. The van der Waals surface area contributed by atoms with E-state index in [2.05, 4.69) is 9.71 Å². The number of benzene rings is 1. The first-order valence-electron chi connectivity index (χ1n) is 6.30. The third-order valence-electron chi connectivity index (χ3n) is 2.74. The van der Waals surface area contributed by atoms with Gasteiger partial charge in [-0.05, 0) is 49.7 Å². The maximum absolute atomic E-state index is 12.7. The predicted octanol–water partition coefficient (Wildman–Crippen LogP) is 2.73. The molecular weight excluding hydrogens is 295 g/mol. The third kappa shape index (κ3) is 3.69. The number of aromatic nitrogens is 1. The van der Waals surface area contributed by atoms with Crippen LogP contribution in [0.5, 0.6) is 5.75 Å². The molecule has 0 aliphatic rings. The lowest BCUT2D eigenvalue weighted by Crippen LogP contribution is -2.13. The highest BCUT2D eigenvalue weighted by Crippen LogP contribution is 2.23. The van der Waals surface area contributed by atoms with Gasteiger partial charge >= 0.3 is 0 Å². The van der Waals surface area contributed by atoms with Crippen LogP contribution in [-0.2, 0) is 10.0 Å². The summed E-state index contributed by atoms with van der Waals surface area (Å²) in [5, 5.41) is 0. The molecule has 0 unspecified atom stereocenters. The van der Waals surface area contributed by atoms with E-state index < -0.39 is 16.0 Å². The first-order chi connectivity index (χ1) is 9.92. The van der Waals surface area contributed by atoms with Gasteiger partial charge in [0.1, 0.15) is 5.75 Å². The molecule has 0 saturated heterocycles. The summed E-state index contributed by atoms with van der Waals surface area (Å²) in [6, 6.07) is 6.97. The molecule has 0 bridgehead atoms. The molecule has 0 spiro atoms. The number of ether oxygens (including phenoxy) is 1. The third-order valence-corrected chi connectivity index (χ3v) is 4.12. The number of halogens is 1. The minimum Gasteiger partial charge on any atom is -0.494 e. The highest BCUT2D eigenvalue weighted by Gasteiger charge is 2.16. The number of anilines is 1. The van der Waals surface area contributed by atoms with Crippen molar-refractivity contribution < 1.29 is 17.5 Å². The van der Waals surface area contributed by atoms with E-state index in [0.29, 0.717) is 12.4 Å². The standard InChI is InChI=1S/C14H15FN2O3S/c1-3-20-13-6-5-12(8-10(13)2)21(18,19)17-11-4-7-14(15)16-9-11/h4-9,17H,3H2,1-2H3. The predicted molar refractivity (Wildman–Crippen MR) is 77.4 cm³/mol. The summed E-state index contributed by atoms with van der Waals surface area (Å²) in [6.07, 6.45) is 1.12. The van der Waals surface area contributed by atoms with Crippen molar-refractivity contribution in [2.45, 2.75) is 18.7 Å². The normalized spacial score (nSPS) is 11.2. The van der Waals surface area contributed by atoms with Gasteiger partial charge in [0.2, 0.25) is 5.95 Å². The number of aryl methyl sites for hydroxylation is 1. The van der Waals surface area contributed by atoms with Crippen molar-refractivity contribution in [2.24, 2.45) is 0 Å². The smallest absolute Gasteiger partial charge is 0.261 e. The first-order valence-corrected chi connectivity index (χ1v) is 7.78. The Labute approximate surface area is 122 Å². The van der Waals surface area contributed by atoms with Gasteiger partial charge in [0.25, 0.3) is 10.0 Å². The first kappa shape index (κ1) is 15.2. The minimum atomic E-state index is -3.75. The molecule has 0 aliphatic carbocycles. The van der Waals surface area contributed by atoms with Crippen LogP contribution in [0.1, 0.15) is 12.5 Å². The summed E-state index contributed by atoms with van der Waals surface area (Å²) in [5.41, 5.74) is 0.917. The zero-order valence-corrected chi connectivity index (χ0v) is 12.4. The SMILES string of the molecule is CCOc1ccc(S(=O)(=O)Nc2ccc(F)nc2)cc1C. The second-order valence-electron chi connectivity index (χ2n) is 4.34. The maximum atomic E-state index is 12.7. The van der Waals surface area contributed by atoms with E-state index in [4.69, 9.17) is 4.74 Å². The Bertz CT molecular complexity index is 730. The zero-order valence-electron chi connectivity index (χ0n) is 11.6. The van der Waals surface area contributed by atoms with E-state index in [1.54, 1.807) is 13.0 Å². The monoisotopic (exact) mass is 310 g/mol. The van der Waals surface area contributed by atoms with Crippen molar-refractivity contribution in [1.82, 2.24) is 4.98 Å². The van der Waals surface area contributed by atoms with Crippen LogP contribution in [0.2, 0.25) is 0 Å². The highest BCUT2D eigenvalue weighted by molar-refractivity contribution is 7.92. The van der Waals surface area contributed by atoms with Crippen molar-refractivity contribution in [3.63, 3.8) is 0 Å². The van der Waals surface area contributed by atoms with Gasteiger partial charge < -0.3 is 4.74 Å². The van der Waals surface area contributed by atoms with Crippen molar-refractivity contribution in [3.8, 4) is 5.75 Å². The van der Waals surface area contributed by atoms with Crippen LogP contribution in [0.3, 0.4) is 0 Å². The van der Waals surface area contributed by atoms with E-state index in [9.17, 15) is 12.8 Å². The Morgan fingerprint density at radius 2 is 2.05 bits per heavy atom. The molecule has 2 aromatic rings. The molecule has 21 heavy (non-hydrogen) atoms. The average Bonchev–Trinajstić information content (AvgIpc) is 2.43. The number of sulfonamides is 1. The molecule has 7 heteroatoms. The number of rotatable bonds is 5. The van der Waals surface area contributed by atoms with Gasteiger partial charge in [-0.25, -0.2) is 13.4 Å². The average molecular weight is 310 g/mol. The molecule has 2 rings (SSSR count). The van der Waals surface area contributed by atoms with Gasteiger partial charge in [-0.15, -0.1) is 0 Å². The minimum absolute atomic E-state index is 0.104. The molecule has 0 amide bonds. The highest BCUT2D eigenvalue weighted by atomic mass is 32.2. The van der Waals surface area contributed by atoms with E-state index in [1.807, 2.05) is 6.92 Å². The Balaban J connectivity index is 2.27. The lowest BCUT2D eigenvalue weighted by atomic mass is 10.2. The summed E-state index contributed by atoms with van der Waals surface area (Å²) < 4.78 is 44.9. The molecule has 112 valence electrons. The van der Waals surface area contributed by atoms with Crippen LogP contribution in [0.4, 0.5) is 10.1 Å². The fraction of sp³-hybridized carbons (Fsp3) is 0.214. The van der Waals surface area contributed by atoms with Gasteiger partial charge in [0.15, 0.2) is 0 Å². The molecular formula is C14H15FN2O3S. The Morgan fingerprint density at radius 3 is 2.62 bits per heavy atom. The van der Waals surface area contributed by atoms with Crippen LogP contribution in [0, 0.1) is 12.9 Å². The summed E-state index contributed by atoms with van der Waals surface area (Å²) in [4.78, 5) is 3.50. The van der Waals surface area contributed by atoms with Crippen molar-refractivity contribution in [1.29, 1.82) is 0 Å². The molecule has 5 nitrogen and oxygen atoms in total. The largest absolute Gasteiger partial charge is 0.494 e. The van der Waals surface area contributed by atoms with Crippen LogP contribution < -0.4 is 9.46 Å². The number of hydrogen-bond acceptors (Lipinski definition) is 4. The van der Waals surface area contributed by atoms with E-state index in [1.165, 1.54) is 18.2 Å². The molecule has 1 aromatic heterocycles. The van der Waals surface area contributed by atoms with E-state index in [-0.39, 0.29) is 10.6 Å². The lowest BCUT2D eigenvalue weighted by molar-refractivity contribution is 0.337. The Kier molecular flexibility index (Phi) is 4.42. The Hall–Kier alpha value is -2.15. The van der Waals surface area contributed by atoms with Gasteiger partial charge in [-0.1, -0.05) is 0 Å². The number of nitrogens with zero attached hydrogens (tertiary/aromatic N) is 1. The van der Waals surface area contributed by atoms with Crippen LogP contribution in [0.25, 0.3) is 0 Å². The second kappa shape index (κ2) is 6.09.